The van der Waals surface area contributed by atoms with E-state index in [1.807, 2.05) is 36.4 Å². The van der Waals surface area contributed by atoms with E-state index in [0.717, 1.165) is 11.3 Å². The smallest absolute Gasteiger partial charge is 0.193 e. The lowest BCUT2D eigenvalue weighted by Crippen LogP contribution is -2.01. The predicted molar refractivity (Wildman–Crippen MR) is 176 cm³/mol. The molecule has 220 valence electrons. The molecule has 0 aliphatic carbocycles. The van der Waals surface area contributed by atoms with Gasteiger partial charge in [0, 0.05) is 16.7 Å². The Morgan fingerprint density at radius 1 is 0.378 bits per heavy atom. The summed E-state index contributed by atoms with van der Waals surface area (Å²) in [6.45, 7) is 3.60. The van der Waals surface area contributed by atoms with Gasteiger partial charge in [0.2, 0.25) is 0 Å². The zero-order valence-electron chi connectivity index (χ0n) is 24.9. The molecule has 0 unspecified atom stereocenters. The van der Waals surface area contributed by atoms with Crippen LogP contribution >= 0.6 is 0 Å². The fourth-order valence-corrected chi connectivity index (χ4v) is 4.72. The topological polar surface area (TPSA) is 61.8 Å². The Hall–Kier alpha value is -5.94. The summed E-state index contributed by atoms with van der Waals surface area (Å²) in [5.41, 5.74) is 5.26. The zero-order valence-corrected chi connectivity index (χ0v) is 24.9. The number of hydrogen-bond donors (Lipinski definition) is 0. The van der Waals surface area contributed by atoms with E-state index in [9.17, 15) is 9.59 Å². The molecule has 6 aromatic rings. The van der Waals surface area contributed by atoms with E-state index in [1.54, 1.807) is 72.8 Å². The molecule has 0 atom stereocenters. The van der Waals surface area contributed by atoms with E-state index in [2.05, 4.69) is 43.3 Å². The average molecular weight is 591 g/mol. The summed E-state index contributed by atoms with van der Waals surface area (Å²) < 4.78 is 17.8. The highest BCUT2D eigenvalue weighted by Crippen LogP contribution is 2.29. The summed E-state index contributed by atoms with van der Waals surface area (Å²) in [4.78, 5) is 24.5. The van der Waals surface area contributed by atoms with Gasteiger partial charge in [0.05, 0.1) is 0 Å². The van der Waals surface area contributed by atoms with Crippen molar-refractivity contribution < 1.29 is 23.8 Å². The number of ketones is 2. The third kappa shape index (κ3) is 7.35. The number of aryl methyl sites for hydroxylation is 1. The van der Waals surface area contributed by atoms with Crippen LogP contribution in [0.5, 0.6) is 34.5 Å². The van der Waals surface area contributed by atoms with E-state index >= 15 is 0 Å². The van der Waals surface area contributed by atoms with E-state index in [1.165, 1.54) is 18.1 Å². The molecule has 45 heavy (non-hydrogen) atoms. The first kappa shape index (κ1) is 29.1. The second-order valence-electron chi connectivity index (χ2n) is 10.6. The summed E-state index contributed by atoms with van der Waals surface area (Å²) in [6, 6.07) is 44.8. The molecule has 6 rings (SSSR count). The first-order valence-corrected chi connectivity index (χ1v) is 14.6. The molecule has 0 bridgehead atoms. The van der Waals surface area contributed by atoms with Gasteiger partial charge in [-0.2, -0.15) is 0 Å². The van der Waals surface area contributed by atoms with Crippen molar-refractivity contribution in [1.82, 2.24) is 0 Å². The largest absolute Gasteiger partial charge is 0.457 e. The SMILES string of the molecule is CC(=O)c1ccc(Oc2ccc(C(=O)c3ccc(Oc4ccc(Oc5ccc(-c6ccc(C)cc6)cc5)cc4)cc3)cc2)cc1. The number of ether oxygens (including phenoxy) is 3. The number of Topliss-reactive ketones (excluding diaryl/α,β-unsaturated/α-hetero) is 1. The van der Waals surface area contributed by atoms with Gasteiger partial charge in [-0.15, -0.1) is 0 Å². The zero-order chi connectivity index (χ0) is 31.2. The Morgan fingerprint density at radius 3 is 0.978 bits per heavy atom. The molecule has 0 saturated heterocycles. The van der Waals surface area contributed by atoms with Crippen LogP contribution in [0.2, 0.25) is 0 Å². The molecule has 6 aromatic carbocycles. The van der Waals surface area contributed by atoms with Crippen LogP contribution in [0.15, 0.2) is 146 Å². The molecule has 0 spiro atoms. The Labute approximate surface area is 262 Å². The number of hydrogen-bond acceptors (Lipinski definition) is 5. The van der Waals surface area contributed by atoms with Crippen LogP contribution in [0.1, 0.15) is 38.8 Å². The summed E-state index contributed by atoms with van der Waals surface area (Å²) in [6.07, 6.45) is 0. The molecule has 0 heterocycles. The van der Waals surface area contributed by atoms with Crippen LogP contribution in [0.4, 0.5) is 0 Å². The van der Waals surface area contributed by atoms with Crippen LogP contribution in [0.25, 0.3) is 11.1 Å². The summed E-state index contributed by atoms with van der Waals surface area (Å²) >= 11 is 0. The van der Waals surface area contributed by atoms with Gasteiger partial charge in [0.1, 0.15) is 34.5 Å². The van der Waals surface area contributed by atoms with Crippen molar-refractivity contribution in [2.45, 2.75) is 13.8 Å². The number of carbonyl (C=O) groups is 2. The van der Waals surface area contributed by atoms with Crippen molar-refractivity contribution in [2.24, 2.45) is 0 Å². The minimum absolute atomic E-state index is 0.000527. The van der Waals surface area contributed by atoms with Gasteiger partial charge in [-0.25, -0.2) is 0 Å². The fraction of sp³-hybridized carbons (Fsp3) is 0.0500. The van der Waals surface area contributed by atoms with Gasteiger partial charge in [-0.05, 0) is 134 Å². The van der Waals surface area contributed by atoms with E-state index in [4.69, 9.17) is 14.2 Å². The number of carbonyl (C=O) groups excluding carboxylic acids is 2. The van der Waals surface area contributed by atoms with Gasteiger partial charge in [0.25, 0.3) is 0 Å². The standard InChI is InChI=1S/C40H30O5/c1-27-3-5-30(6-4-27)31-9-17-35(18-10-31)44-38-23-25-39(26-24-38)45-37-21-13-33(14-22-37)40(42)32-11-19-36(20-12-32)43-34-15-7-29(8-16-34)28(2)41/h3-26H,1-2H3. The molecule has 0 aliphatic rings. The maximum atomic E-state index is 13.0. The van der Waals surface area contributed by atoms with Crippen molar-refractivity contribution in [3.8, 4) is 45.6 Å². The first-order chi connectivity index (χ1) is 21.9. The summed E-state index contributed by atoms with van der Waals surface area (Å²) in [5.74, 6) is 3.83. The van der Waals surface area contributed by atoms with Crippen molar-refractivity contribution in [3.05, 3.63) is 168 Å². The van der Waals surface area contributed by atoms with Crippen LogP contribution in [-0.4, -0.2) is 11.6 Å². The van der Waals surface area contributed by atoms with E-state index in [0.29, 0.717) is 45.4 Å². The third-order valence-electron chi connectivity index (χ3n) is 7.26. The Balaban J connectivity index is 1.02. The lowest BCUT2D eigenvalue weighted by Gasteiger charge is -2.10. The molecular formula is C40H30O5. The molecule has 5 heteroatoms. The Kier molecular flexibility index (Phi) is 8.51. The minimum Gasteiger partial charge on any atom is -0.457 e. The monoisotopic (exact) mass is 590 g/mol. The quantitative estimate of drug-likeness (QED) is 0.149. The minimum atomic E-state index is -0.104. The fourth-order valence-electron chi connectivity index (χ4n) is 4.72. The van der Waals surface area contributed by atoms with E-state index < -0.39 is 0 Å². The first-order valence-electron chi connectivity index (χ1n) is 14.6. The average Bonchev–Trinajstić information content (AvgIpc) is 3.07. The lowest BCUT2D eigenvalue weighted by atomic mass is 10.0. The Morgan fingerprint density at radius 2 is 0.644 bits per heavy atom. The van der Waals surface area contributed by atoms with Gasteiger partial charge >= 0.3 is 0 Å². The van der Waals surface area contributed by atoms with Crippen LogP contribution < -0.4 is 14.2 Å². The molecule has 0 amide bonds. The normalized spacial score (nSPS) is 10.6. The molecule has 5 nitrogen and oxygen atoms in total. The van der Waals surface area contributed by atoms with E-state index in [-0.39, 0.29) is 11.6 Å². The van der Waals surface area contributed by atoms with Gasteiger partial charge in [-0.1, -0.05) is 42.0 Å². The molecule has 0 aliphatic heterocycles. The van der Waals surface area contributed by atoms with Crippen molar-refractivity contribution in [1.29, 1.82) is 0 Å². The highest BCUT2D eigenvalue weighted by molar-refractivity contribution is 6.09. The third-order valence-corrected chi connectivity index (χ3v) is 7.26. The molecule has 0 N–H and O–H groups in total. The van der Waals surface area contributed by atoms with Crippen molar-refractivity contribution in [3.63, 3.8) is 0 Å². The Bertz CT molecular complexity index is 1910. The van der Waals surface area contributed by atoms with Crippen LogP contribution in [-0.2, 0) is 0 Å². The number of rotatable bonds is 10. The van der Waals surface area contributed by atoms with Gasteiger partial charge in [0.15, 0.2) is 11.6 Å². The van der Waals surface area contributed by atoms with Gasteiger partial charge < -0.3 is 14.2 Å². The summed E-state index contributed by atoms with van der Waals surface area (Å²) in [5, 5.41) is 0. The van der Waals surface area contributed by atoms with Crippen molar-refractivity contribution >= 4 is 11.6 Å². The summed E-state index contributed by atoms with van der Waals surface area (Å²) in [7, 11) is 0. The lowest BCUT2D eigenvalue weighted by molar-refractivity contribution is 0.101. The second-order valence-corrected chi connectivity index (χ2v) is 10.6. The molecule has 0 radical (unpaired) electrons. The van der Waals surface area contributed by atoms with Gasteiger partial charge in [-0.3, -0.25) is 9.59 Å². The maximum absolute atomic E-state index is 13.0. The van der Waals surface area contributed by atoms with Crippen molar-refractivity contribution in [2.75, 3.05) is 0 Å². The molecule has 0 saturated carbocycles. The molecule has 0 aromatic heterocycles. The molecular weight excluding hydrogens is 560 g/mol. The van der Waals surface area contributed by atoms with Crippen LogP contribution in [0, 0.1) is 6.92 Å². The highest BCUT2D eigenvalue weighted by atomic mass is 16.5. The second kappa shape index (κ2) is 13.1. The molecule has 0 fully saturated rings. The predicted octanol–water partition coefficient (Wildman–Crippen LogP) is 10.5. The number of benzene rings is 6. The van der Waals surface area contributed by atoms with Crippen LogP contribution in [0.3, 0.4) is 0 Å². The highest BCUT2D eigenvalue weighted by Gasteiger charge is 2.11. The maximum Gasteiger partial charge on any atom is 0.193 e.